The summed E-state index contributed by atoms with van der Waals surface area (Å²) in [5.74, 6) is 0.383. The van der Waals surface area contributed by atoms with Crippen molar-refractivity contribution < 1.29 is 29.1 Å². The molecule has 0 spiro atoms. The number of carbonyl (C=O) groups is 2. The molecule has 0 aliphatic carbocycles. The van der Waals surface area contributed by atoms with Crippen molar-refractivity contribution in [3.8, 4) is 22.9 Å². The van der Waals surface area contributed by atoms with Gasteiger partial charge >= 0.3 is 7.12 Å². The van der Waals surface area contributed by atoms with Crippen LogP contribution >= 0.6 is 15.9 Å². The second-order valence-electron chi connectivity index (χ2n) is 13.3. The van der Waals surface area contributed by atoms with Gasteiger partial charge in [0.05, 0.1) is 24.2 Å². The van der Waals surface area contributed by atoms with Gasteiger partial charge in [0.25, 0.3) is 11.8 Å². The van der Waals surface area contributed by atoms with E-state index in [4.69, 9.17) is 31.0 Å². The van der Waals surface area contributed by atoms with Gasteiger partial charge in [-0.2, -0.15) is 0 Å². The quantitative estimate of drug-likeness (QED) is 0.143. The molecule has 2 saturated heterocycles. The van der Waals surface area contributed by atoms with Gasteiger partial charge in [-0.25, -0.2) is 9.97 Å². The lowest BCUT2D eigenvalue weighted by atomic mass is 9.81. The molecule has 6 heterocycles. The highest BCUT2D eigenvalue weighted by atomic mass is 79.9. The van der Waals surface area contributed by atoms with E-state index in [1.54, 1.807) is 43.0 Å². The van der Waals surface area contributed by atoms with Gasteiger partial charge in [0.2, 0.25) is 11.8 Å². The number of nitrogens with two attached hydrogens (primary N) is 2. The zero-order valence-electron chi connectivity index (χ0n) is 31.4. The van der Waals surface area contributed by atoms with Crippen LogP contribution < -0.4 is 36.2 Å². The summed E-state index contributed by atoms with van der Waals surface area (Å²) in [6.45, 7) is 3.01. The van der Waals surface area contributed by atoms with Crippen LogP contribution in [0.5, 0.6) is 11.8 Å². The van der Waals surface area contributed by atoms with Crippen molar-refractivity contribution >= 4 is 51.7 Å². The molecule has 0 radical (unpaired) electrons. The van der Waals surface area contributed by atoms with Crippen molar-refractivity contribution in [3.63, 3.8) is 0 Å². The van der Waals surface area contributed by atoms with Gasteiger partial charge in [-0.1, -0.05) is 34.1 Å². The first-order valence-electron chi connectivity index (χ1n) is 18.5. The molecule has 6 N–H and O–H groups in total. The molecule has 8 rings (SSSR count). The van der Waals surface area contributed by atoms with Gasteiger partial charge in [0.15, 0.2) is 0 Å². The van der Waals surface area contributed by atoms with E-state index in [-0.39, 0.29) is 12.2 Å². The number of hydrogen-bond donors (Lipinski definition) is 4. The SMILES string of the molecule is NC(=O)c1cc(-c2ccncc2)ccc1N1CC[C@@H](Oc2ccccn2)C1.NC(=O)c1cc(Br)ccc1N1CC[C@@H](Oc2ccccn2)C1.OB(O)c1ccncc1. The third-order valence-electron chi connectivity index (χ3n) is 9.33. The van der Waals surface area contributed by atoms with E-state index in [0.29, 0.717) is 41.4 Å². The molecular formula is C42H42BBrN8O6. The Morgan fingerprint density at radius 3 is 1.60 bits per heavy atom. The van der Waals surface area contributed by atoms with Gasteiger partial charge in [-0.05, 0) is 83.3 Å². The second kappa shape index (κ2) is 20.2. The minimum absolute atomic E-state index is 0.0282. The van der Waals surface area contributed by atoms with Crippen LogP contribution in [-0.2, 0) is 0 Å². The first-order valence-corrected chi connectivity index (χ1v) is 19.3. The van der Waals surface area contributed by atoms with Crippen molar-refractivity contribution in [2.75, 3.05) is 36.0 Å². The van der Waals surface area contributed by atoms with E-state index < -0.39 is 18.9 Å². The standard InChI is InChI=1S/C21H20N4O2.C16H16BrN3O2.C5H6BNO2/c22-21(26)18-13-16(15-6-10-23-11-7-15)4-5-19(18)25-12-8-17(14-25)27-20-3-1-2-9-24-20;17-11-4-5-14(13(9-11)16(18)21)20-8-6-12(10-20)22-15-3-1-2-7-19-15;8-6(9)5-1-3-7-4-2-5/h1-7,9-11,13,17H,8,12,14H2,(H2,22,26);1-5,7,9,12H,6,8,10H2,(H2,18,21);1-4,8-9H/t17-;12-;/m11./s1. The minimum Gasteiger partial charge on any atom is -0.472 e. The van der Waals surface area contributed by atoms with Crippen LogP contribution in [0.15, 0.2) is 139 Å². The predicted octanol–water partition coefficient (Wildman–Crippen LogP) is 4.26. The molecule has 0 unspecified atom stereocenters. The van der Waals surface area contributed by atoms with Crippen molar-refractivity contribution in [2.24, 2.45) is 11.5 Å². The molecule has 2 atom stereocenters. The summed E-state index contributed by atoms with van der Waals surface area (Å²) in [4.78, 5) is 44.1. The molecule has 4 aromatic heterocycles. The Kier molecular flexibility index (Phi) is 14.4. The summed E-state index contributed by atoms with van der Waals surface area (Å²) in [7, 11) is -1.38. The van der Waals surface area contributed by atoms with Crippen molar-refractivity contribution in [2.45, 2.75) is 25.0 Å². The normalized spacial score (nSPS) is 15.6. The van der Waals surface area contributed by atoms with Crippen molar-refractivity contribution in [1.29, 1.82) is 0 Å². The van der Waals surface area contributed by atoms with Crippen LogP contribution in [-0.4, -0.2) is 87.3 Å². The zero-order chi connectivity index (χ0) is 40.9. The maximum atomic E-state index is 12.1. The topological polar surface area (TPSA) is 203 Å². The number of anilines is 2. The summed E-state index contributed by atoms with van der Waals surface area (Å²) in [5.41, 5.74) is 16.3. The molecule has 296 valence electrons. The molecule has 0 bridgehead atoms. The van der Waals surface area contributed by atoms with Crippen LogP contribution in [0, 0.1) is 0 Å². The Balaban J connectivity index is 0.000000164. The highest BCUT2D eigenvalue weighted by Gasteiger charge is 2.28. The molecule has 2 amide bonds. The second-order valence-corrected chi connectivity index (χ2v) is 14.2. The molecule has 0 saturated carbocycles. The number of amides is 2. The number of benzene rings is 2. The number of ether oxygens (including phenoxy) is 2. The third-order valence-corrected chi connectivity index (χ3v) is 9.82. The molecule has 58 heavy (non-hydrogen) atoms. The summed E-state index contributed by atoms with van der Waals surface area (Å²) >= 11 is 3.37. The van der Waals surface area contributed by atoms with Gasteiger partial charge < -0.3 is 40.8 Å². The Morgan fingerprint density at radius 1 is 0.638 bits per heavy atom. The summed E-state index contributed by atoms with van der Waals surface area (Å²) < 4.78 is 12.7. The first-order chi connectivity index (χ1) is 28.1. The number of primary amides is 2. The molecule has 2 fully saturated rings. The molecule has 6 aromatic rings. The maximum absolute atomic E-state index is 12.1. The van der Waals surface area contributed by atoms with Crippen LogP contribution in [0.4, 0.5) is 11.4 Å². The molecule has 14 nitrogen and oxygen atoms in total. The minimum atomic E-state index is -1.38. The molecule has 16 heteroatoms. The number of halogens is 1. The average molecular weight is 846 g/mol. The molecule has 2 aliphatic heterocycles. The lowest BCUT2D eigenvalue weighted by Gasteiger charge is -2.22. The van der Waals surface area contributed by atoms with E-state index in [9.17, 15) is 9.59 Å². The van der Waals surface area contributed by atoms with E-state index in [0.717, 1.165) is 52.9 Å². The average Bonchev–Trinajstić information content (AvgIpc) is 3.92. The smallest absolute Gasteiger partial charge is 0.472 e. The van der Waals surface area contributed by atoms with Crippen molar-refractivity contribution in [1.82, 2.24) is 19.9 Å². The van der Waals surface area contributed by atoms with Crippen LogP contribution in [0.3, 0.4) is 0 Å². The van der Waals surface area contributed by atoms with E-state index in [1.165, 1.54) is 12.4 Å². The van der Waals surface area contributed by atoms with E-state index in [2.05, 4.69) is 45.7 Å². The Morgan fingerprint density at radius 2 is 1.14 bits per heavy atom. The number of pyridine rings is 4. The zero-order valence-corrected chi connectivity index (χ0v) is 33.0. The van der Waals surface area contributed by atoms with Gasteiger partial charge in [0.1, 0.15) is 12.2 Å². The summed E-state index contributed by atoms with van der Waals surface area (Å²) in [6, 6.07) is 29.5. The van der Waals surface area contributed by atoms with E-state index in [1.807, 2.05) is 78.9 Å². The van der Waals surface area contributed by atoms with Crippen LogP contribution in [0.1, 0.15) is 33.6 Å². The van der Waals surface area contributed by atoms with E-state index >= 15 is 0 Å². The fourth-order valence-electron chi connectivity index (χ4n) is 6.51. The number of nitrogens with zero attached hydrogens (tertiary/aromatic N) is 6. The lowest BCUT2D eigenvalue weighted by molar-refractivity contribution is 0.0992. The first kappa shape index (κ1) is 41.3. The number of aromatic nitrogens is 4. The fraction of sp³-hybridized carbons (Fsp3) is 0.190. The maximum Gasteiger partial charge on any atom is 0.488 e. The highest BCUT2D eigenvalue weighted by Crippen LogP contribution is 2.31. The predicted molar refractivity (Wildman–Crippen MR) is 226 cm³/mol. The van der Waals surface area contributed by atoms with Crippen LogP contribution in [0.2, 0.25) is 0 Å². The lowest BCUT2D eigenvalue weighted by Crippen LogP contribution is -2.29. The number of hydrogen-bond acceptors (Lipinski definition) is 12. The van der Waals surface area contributed by atoms with Crippen LogP contribution in [0.25, 0.3) is 11.1 Å². The highest BCUT2D eigenvalue weighted by molar-refractivity contribution is 9.10. The summed E-state index contributed by atoms with van der Waals surface area (Å²) in [5, 5.41) is 17.1. The third kappa shape index (κ3) is 11.4. The number of carbonyl (C=O) groups excluding carboxylic acids is 2. The molecule has 2 aliphatic rings. The Bertz CT molecular complexity index is 2250. The van der Waals surface area contributed by atoms with Crippen molar-refractivity contribution in [3.05, 3.63) is 150 Å². The Labute approximate surface area is 344 Å². The largest absolute Gasteiger partial charge is 0.488 e. The number of rotatable bonds is 10. The van der Waals surface area contributed by atoms with Gasteiger partial charge in [-0.3, -0.25) is 19.6 Å². The monoisotopic (exact) mass is 844 g/mol. The molecule has 2 aromatic carbocycles. The summed E-state index contributed by atoms with van der Waals surface area (Å²) in [6.07, 6.45) is 11.7. The van der Waals surface area contributed by atoms with Gasteiger partial charge in [-0.15, -0.1) is 0 Å². The van der Waals surface area contributed by atoms with Gasteiger partial charge in [0, 0.05) is 91.1 Å². The molecular weight excluding hydrogens is 803 g/mol. The fourth-order valence-corrected chi connectivity index (χ4v) is 6.87. The Hall–Kier alpha value is -6.36.